The highest BCUT2D eigenvalue weighted by atomic mass is 32.1. The van der Waals surface area contributed by atoms with Gasteiger partial charge in [-0.15, -0.1) is 11.3 Å². The third-order valence-electron chi connectivity index (χ3n) is 5.92. The Balaban J connectivity index is 1.55. The zero-order chi connectivity index (χ0) is 19.3. The second-order valence-corrected chi connectivity index (χ2v) is 8.65. The van der Waals surface area contributed by atoms with E-state index < -0.39 is 11.9 Å². The first-order valence-corrected chi connectivity index (χ1v) is 10.5. The first-order chi connectivity index (χ1) is 13.6. The normalized spacial score (nSPS) is 21.9. The number of carbonyl (C=O) groups excluding carboxylic acids is 1. The minimum absolute atomic E-state index is 0.0753. The van der Waals surface area contributed by atoms with Gasteiger partial charge in [0, 0.05) is 18.5 Å². The molecular weight excluding hydrogens is 372 g/mol. The summed E-state index contributed by atoms with van der Waals surface area (Å²) in [6.07, 6.45) is 2.16. The quantitative estimate of drug-likeness (QED) is 0.724. The standard InChI is InChI=1S/C22H20N2O3S/c25-21(24-11-16(13-7-8-13)17(12-24)22(26)27)15-10-19(20-6-3-9-28-20)23-18-5-2-1-4-14(15)18/h1-6,9-10,13,16-17H,7-8,11-12H2,(H,26,27)/t16-,17+/m1/s1. The van der Waals surface area contributed by atoms with Crippen LogP contribution in [0.5, 0.6) is 0 Å². The fraction of sp³-hybridized carbons (Fsp3) is 0.318. The van der Waals surface area contributed by atoms with Crippen molar-refractivity contribution in [2.75, 3.05) is 13.1 Å². The monoisotopic (exact) mass is 392 g/mol. The fourth-order valence-electron chi connectivity index (χ4n) is 4.33. The van der Waals surface area contributed by atoms with Crippen molar-refractivity contribution in [1.29, 1.82) is 0 Å². The van der Waals surface area contributed by atoms with Crippen LogP contribution in [0.15, 0.2) is 47.8 Å². The fourth-order valence-corrected chi connectivity index (χ4v) is 5.02. The maximum Gasteiger partial charge on any atom is 0.308 e. The molecule has 1 aliphatic heterocycles. The predicted octanol–water partition coefficient (Wildman–Crippen LogP) is 4.15. The number of nitrogens with zero attached hydrogens (tertiary/aromatic N) is 2. The highest BCUT2D eigenvalue weighted by molar-refractivity contribution is 7.13. The summed E-state index contributed by atoms with van der Waals surface area (Å²) in [6.45, 7) is 0.825. The molecule has 2 fully saturated rings. The van der Waals surface area contributed by atoms with E-state index in [0.717, 1.165) is 34.3 Å². The molecule has 6 heteroatoms. The lowest BCUT2D eigenvalue weighted by molar-refractivity contribution is -0.142. The lowest BCUT2D eigenvalue weighted by Gasteiger charge is -2.18. The SMILES string of the molecule is O=C(O)[C@H]1CN(C(=O)c2cc(-c3cccs3)nc3ccccc23)C[C@@H]1C1CC1. The molecule has 0 unspecified atom stereocenters. The molecule has 28 heavy (non-hydrogen) atoms. The van der Waals surface area contributed by atoms with Crippen LogP contribution in [0.3, 0.4) is 0 Å². The maximum atomic E-state index is 13.4. The number of carboxylic acid groups (broad SMARTS) is 1. The third-order valence-corrected chi connectivity index (χ3v) is 6.81. The predicted molar refractivity (Wildman–Crippen MR) is 108 cm³/mol. The van der Waals surface area contributed by atoms with Gasteiger partial charge in [-0.25, -0.2) is 4.98 Å². The largest absolute Gasteiger partial charge is 0.481 e. The molecule has 1 amide bonds. The van der Waals surface area contributed by atoms with Crippen molar-refractivity contribution in [3.63, 3.8) is 0 Å². The Kier molecular flexibility index (Phi) is 4.16. The Morgan fingerprint density at radius 2 is 1.93 bits per heavy atom. The van der Waals surface area contributed by atoms with Gasteiger partial charge in [0.25, 0.3) is 5.91 Å². The Morgan fingerprint density at radius 1 is 1.11 bits per heavy atom. The van der Waals surface area contributed by atoms with Gasteiger partial charge in [-0.05, 0) is 48.3 Å². The highest BCUT2D eigenvalue weighted by Gasteiger charge is 2.47. The third kappa shape index (κ3) is 2.98. The van der Waals surface area contributed by atoms with Gasteiger partial charge in [0.1, 0.15) is 0 Å². The lowest BCUT2D eigenvalue weighted by atomic mass is 9.92. The van der Waals surface area contributed by atoms with E-state index in [9.17, 15) is 14.7 Å². The van der Waals surface area contributed by atoms with Crippen molar-refractivity contribution in [1.82, 2.24) is 9.88 Å². The molecule has 5 nitrogen and oxygen atoms in total. The number of likely N-dealkylation sites (tertiary alicyclic amines) is 1. The van der Waals surface area contributed by atoms with E-state index in [0.29, 0.717) is 24.6 Å². The Morgan fingerprint density at radius 3 is 2.64 bits per heavy atom. The summed E-state index contributed by atoms with van der Waals surface area (Å²) in [6, 6.07) is 13.5. The zero-order valence-corrected chi connectivity index (χ0v) is 16.1. The Hall–Kier alpha value is -2.73. The number of para-hydroxylation sites is 1. The molecular formula is C22H20N2O3S. The van der Waals surface area contributed by atoms with Gasteiger partial charge >= 0.3 is 5.97 Å². The van der Waals surface area contributed by atoms with E-state index in [1.165, 1.54) is 0 Å². The number of pyridine rings is 1. The Bertz CT molecular complexity index is 1060. The summed E-state index contributed by atoms with van der Waals surface area (Å²) in [5.74, 6) is -0.806. The van der Waals surface area contributed by atoms with Crippen molar-refractivity contribution in [2.24, 2.45) is 17.8 Å². The number of fused-ring (bicyclic) bond motifs is 1. The van der Waals surface area contributed by atoms with Crippen LogP contribution in [-0.2, 0) is 4.79 Å². The average Bonchev–Trinajstić information content (AvgIpc) is 3.22. The van der Waals surface area contributed by atoms with Crippen molar-refractivity contribution < 1.29 is 14.7 Å². The van der Waals surface area contributed by atoms with E-state index in [2.05, 4.69) is 0 Å². The van der Waals surface area contributed by atoms with Gasteiger partial charge in [-0.2, -0.15) is 0 Å². The first-order valence-electron chi connectivity index (χ1n) is 9.57. The lowest BCUT2D eigenvalue weighted by Crippen LogP contribution is -2.30. The second kappa shape index (κ2) is 6.71. The van der Waals surface area contributed by atoms with Crippen LogP contribution in [0, 0.1) is 17.8 Å². The smallest absolute Gasteiger partial charge is 0.308 e. The summed E-state index contributed by atoms with van der Waals surface area (Å²) in [5, 5.41) is 12.4. The van der Waals surface area contributed by atoms with Crippen LogP contribution in [0.1, 0.15) is 23.2 Å². The zero-order valence-electron chi connectivity index (χ0n) is 15.2. The topological polar surface area (TPSA) is 70.5 Å². The number of hydrogen-bond donors (Lipinski definition) is 1. The van der Waals surface area contributed by atoms with Gasteiger partial charge in [-0.3, -0.25) is 9.59 Å². The van der Waals surface area contributed by atoms with Crippen LogP contribution in [0.2, 0.25) is 0 Å². The van der Waals surface area contributed by atoms with Crippen molar-refractivity contribution in [2.45, 2.75) is 12.8 Å². The Labute approximate surface area is 166 Å². The molecule has 1 aromatic carbocycles. The van der Waals surface area contributed by atoms with Crippen molar-refractivity contribution in [3.8, 4) is 10.6 Å². The second-order valence-electron chi connectivity index (χ2n) is 7.71. The number of carboxylic acids is 1. The number of hydrogen-bond acceptors (Lipinski definition) is 4. The molecule has 2 aromatic heterocycles. The highest BCUT2D eigenvalue weighted by Crippen LogP contribution is 2.44. The molecule has 0 bridgehead atoms. The van der Waals surface area contributed by atoms with E-state index in [1.54, 1.807) is 16.2 Å². The molecule has 2 atom stereocenters. The van der Waals surface area contributed by atoms with Crippen LogP contribution >= 0.6 is 11.3 Å². The van der Waals surface area contributed by atoms with Crippen molar-refractivity contribution in [3.05, 3.63) is 53.4 Å². The van der Waals surface area contributed by atoms with Gasteiger partial charge in [0.15, 0.2) is 0 Å². The molecule has 0 radical (unpaired) electrons. The summed E-state index contributed by atoms with van der Waals surface area (Å²) >= 11 is 1.59. The summed E-state index contributed by atoms with van der Waals surface area (Å²) in [4.78, 5) is 32.7. The number of benzene rings is 1. The molecule has 3 aromatic rings. The first kappa shape index (κ1) is 17.4. The molecule has 1 saturated heterocycles. The van der Waals surface area contributed by atoms with Crippen LogP contribution < -0.4 is 0 Å². The van der Waals surface area contributed by atoms with Gasteiger partial charge in [0.2, 0.25) is 0 Å². The minimum Gasteiger partial charge on any atom is -0.481 e. The van der Waals surface area contributed by atoms with Gasteiger partial charge in [0.05, 0.1) is 27.6 Å². The number of aromatic nitrogens is 1. The summed E-state index contributed by atoms with van der Waals surface area (Å²) < 4.78 is 0. The molecule has 2 aliphatic rings. The number of thiophene rings is 1. The van der Waals surface area contributed by atoms with E-state index in [4.69, 9.17) is 4.98 Å². The number of carbonyl (C=O) groups is 2. The van der Waals surface area contributed by atoms with E-state index >= 15 is 0 Å². The molecule has 142 valence electrons. The molecule has 1 N–H and O–H groups in total. The molecule has 0 spiro atoms. The van der Waals surface area contributed by atoms with Crippen LogP contribution in [-0.4, -0.2) is 40.0 Å². The van der Waals surface area contributed by atoms with Crippen molar-refractivity contribution >= 4 is 34.1 Å². The molecule has 5 rings (SSSR count). The summed E-state index contributed by atoms with van der Waals surface area (Å²) in [7, 11) is 0. The van der Waals surface area contributed by atoms with Crippen LogP contribution in [0.25, 0.3) is 21.5 Å². The minimum atomic E-state index is -0.786. The van der Waals surface area contributed by atoms with Crippen LogP contribution in [0.4, 0.5) is 0 Å². The van der Waals surface area contributed by atoms with E-state index in [-0.39, 0.29) is 11.8 Å². The summed E-state index contributed by atoms with van der Waals surface area (Å²) in [5.41, 5.74) is 2.17. The number of rotatable bonds is 4. The molecule has 1 saturated carbocycles. The maximum absolute atomic E-state index is 13.4. The number of amides is 1. The molecule has 1 aliphatic carbocycles. The average molecular weight is 392 g/mol. The van der Waals surface area contributed by atoms with Gasteiger partial charge in [-0.1, -0.05) is 24.3 Å². The number of aliphatic carboxylic acids is 1. The van der Waals surface area contributed by atoms with E-state index in [1.807, 2.05) is 47.8 Å². The molecule has 3 heterocycles. The van der Waals surface area contributed by atoms with Gasteiger partial charge < -0.3 is 10.0 Å².